The molecule has 0 aliphatic heterocycles. The number of nitro benzene ring substituents is 1. The molecule has 0 radical (unpaired) electrons. The van der Waals surface area contributed by atoms with Gasteiger partial charge in [0.1, 0.15) is 18.0 Å². The number of hydrogen-bond acceptors (Lipinski definition) is 5. The maximum Gasteiger partial charge on any atom is 0.279 e. The molecule has 0 bridgehead atoms. The number of halogens is 1. The summed E-state index contributed by atoms with van der Waals surface area (Å²) in [5.41, 5.74) is 1.11. The fourth-order valence-electron chi connectivity index (χ4n) is 2.65. The van der Waals surface area contributed by atoms with Gasteiger partial charge in [-0.2, -0.15) is 0 Å². The first-order valence-electron chi connectivity index (χ1n) is 8.10. The van der Waals surface area contributed by atoms with Crippen molar-refractivity contribution in [2.75, 3.05) is 33.1 Å². The highest BCUT2D eigenvalue weighted by molar-refractivity contribution is 9.10. The molecular weight excluding hydrogens is 418 g/mol. The van der Waals surface area contributed by atoms with Crippen LogP contribution in [-0.4, -0.2) is 38.6 Å². The SMILES string of the molecule is COc1ccc(Br)cc1C[NH+](C)CC(=O)Nc1cc([N+](=O)[O-])ccc1OC. The van der Waals surface area contributed by atoms with Crippen LogP contribution >= 0.6 is 15.9 Å². The minimum Gasteiger partial charge on any atom is -0.496 e. The van der Waals surface area contributed by atoms with Crippen LogP contribution in [0, 0.1) is 10.1 Å². The highest BCUT2D eigenvalue weighted by Gasteiger charge is 2.17. The van der Waals surface area contributed by atoms with Gasteiger partial charge in [0.25, 0.3) is 11.6 Å². The number of likely N-dealkylation sites (N-methyl/N-ethyl adjacent to an activating group) is 1. The van der Waals surface area contributed by atoms with E-state index in [1.165, 1.54) is 25.3 Å². The van der Waals surface area contributed by atoms with Gasteiger partial charge in [0.2, 0.25) is 0 Å². The number of non-ortho nitro benzene ring substituents is 1. The number of nitrogens with one attached hydrogen (secondary N) is 2. The number of quaternary nitrogens is 1. The molecule has 144 valence electrons. The summed E-state index contributed by atoms with van der Waals surface area (Å²) in [6.07, 6.45) is 0. The van der Waals surface area contributed by atoms with Crippen molar-refractivity contribution in [2.45, 2.75) is 6.54 Å². The van der Waals surface area contributed by atoms with Crippen LogP contribution in [0.2, 0.25) is 0 Å². The Morgan fingerprint density at radius 2 is 1.85 bits per heavy atom. The number of rotatable bonds is 8. The van der Waals surface area contributed by atoms with Gasteiger partial charge < -0.3 is 19.7 Å². The second-order valence-corrected chi connectivity index (χ2v) is 6.87. The van der Waals surface area contributed by atoms with Gasteiger partial charge in [-0.25, -0.2) is 0 Å². The fraction of sp³-hybridized carbons (Fsp3) is 0.278. The highest BCUT2D eigenvalue weighted by atomic mass is 79.9. The Balaban J connectivity index is 2.06. The molecule has 0 fully saturated rings. The molecule has 9 heteroatoms. The Morgan fingerprint density at radius 3 is 2.48 bits per heavy atom. The number of methoxy groups -OCH3 is 2. The van der Waals surface area contributed by atoms with Crippen LogP contribution in [0.4, 0.5) is 11.4 Å². The van der Waals surface area contributed by atoms with Gasteiger partial charge in [-0.3, -0.25) is 14.9 Å². The lowest BCUT2D eigenvalue weighted by atomic mass is 10.2. The van der Waals surface area contributed by atoms with E-state index >= 15 is 0 Å². The molecule has 2 aromatic rings. The average molecular weight is 439 g/mol. The minimum absolute atomic E-state index is 0.120. The molecule has 1 atom stereocenters. The lowest BCUT2D eigenvalue weighted by Gasteiger charge is -2.16. The zero-order valence-corrected chi connectivity index (χ0v) is 16.8. The largest absolute Gasteiger partial charge is 0.496 e. The molecule has 2 N–H and O–H groups in total. The summed E-state index contributed by atoms with van der Waals surface area (Å²) >= 11 is 3.43. The number of benzene rings is 2. The predicted octanol–water partition coefficient (Wildman–Crippen LogP) is 2.03. The Morgan fingerprint density at radius 1 is 1.19 bits per heavy atom. The van der Waals surface area contributed by atoms with Crippen LogP contribution in [-0.2, 0) is 11.3 Å². The second-order valence-electron chi connectivity index (χ2n) is 5.96. The Bertz CT molecular complexity index is 844. The molecule has 0 spiro atoms. The zero-order valence-electron chi connectivity index (χ0n) is 15.2. The van der Waals surface area contributed by atoms with Crippen LogP contribution in [0.3, 0.4) is 0 Å². The van der Waals surface area contributed by atoms with Crippen molar-refractivity contribution in [3.8, 4) is 11.5 Å². The van der Waals surface area contributed by atoms with Gasteiger partial charge in [0.05, 0.1) is 31.9 Å². The molecule has 0 aromatic heterocycles. The maximum atomic E-state index is 12.4. The molecule has 1 unspecified atom stereocenters. The lowest BCUT2D eigenvalue weighted by Crippen LogP contribution is -3.08. The molecule has 0 heterocycles. The number of ether oxygens (including phenoxy) is 2. The molecule has 8 nitrogen and oxygen atoms in total. The Hall–Kier alpha value is -2.65. The Kier molecular flexibility index (Phi) is 7.14. The molecule has 1 amide bonds. The van der Waals surface area contributed by atoms with Gasteiger partial charge in [-0.1, -0.05) is 15.9 Å². The van der Waals surface area contributed by atoms with E-state index in [-0.39, 0.29) is 23.8 Å². The quantitative estimate of drug-likeness (QED) is 0.485. The molecule has 2 rings (SSSR count). The van der Waals surface area contributed by atoms with E-state index in [0.717, 1.165) is 20.7 Å². The monoisotopic (exact) mass is 438 g/mol. The Labute approximate surface area is 165 Å². The summed E-state index contributed by atoms with van der Waals surface area (Å²) in [7, 11) is 4.92. The first-order valence-corrected chi connectivity index (χ1v) is 8.89. The van der Waals surface area contributed by atoms with E-state index in [1.807, 2.05) is 25.2 Å². The van der Waals surface area contributed by atoms with E-state index in [0.29, 0.717) is 12.3 Å². The number of carbonyl (C=O) groups excluding carboxylic acids is 1. The number of nitrogens with zero attached hydrogens (tertiary/aromatic N) is 1. The summed E-state index contributed by atoms with van der Waals surface area (Å²) in [5, 5.41) is 13.6. The normalized spacial score (nSPS) is 11.6. The fourth-order valence-corrected chi connectivity index (χ4v) is 3.06. The topological polar surface area (TPSA) is 95.1 Å². The summed E-state index contributed by atoms with van der Waals surface area (Å²) in [5.74, 6) is 0.832. The van der Waals surface area contributed by atoms with Crippen molar-refractivity contribution >= 4 is 33.2 Å². The van der Waals surface area contributed by atoms with E-state index < -0.39 is 4.92 Å². The summed E-state index contributed by atoms with van der Waals surface area (Å²) < 4.78 is 11.4. The molecule has 0 saturated carbocycles. The van der Waals surface area contributed by atoms with Gasteiger partial charge in [-0.05, 0) is 24.3 Å². The molecule has 0 aliphatic rings. The molecular formula is C18H21BrN3O5+. The van der Waals surface area contributed by atoms with Crippen molar-refractivity contribution in [3.63, 3.8) is 0 Å². The van der Waals surface area contributed by atoms with Gasteiger partial charge in [0, 0.05) is 22.2 Å². The minimum atomic E-state index is -0.522. The third-order valence-electron chi connectivity index (χ3n) is 3.86. The standard InChI is InChI=1S/C18H20BrN3O5/c1-21(10-12-8-13(19)4-6-16(12)26-2)11-18(23)20-15-9-14(22(24)25)5-7-17(15)27-3/h4-9H,10-11H2,1-3H3,(H,20,23)/p+1. The van der Waals surface area contributed by atoms with E-state index in [4.69, 9.17) is 9.47 Å². The van der Waals surface area contributed by atoms with Gasteiger partial charge in [0.15, 0.2) is 6.54 Å². The van der Waals surface area contributed by atoms with Crippen molar-refractivity contribution < 1.29 is 24.1 Å². The van der Waals surface area contributed by atoms with E-state index in [2.05, 4.69) is 21.2 Å². The van der Waals surface area contributed by atoms with Crippen molar-refractivity contribution in [1.82, 2.24) is 0 Å². The van der Waals surface area contributed by atoms with Crippen molar-refractivity contribution in [3.05, 3.63) is 56.5 Å². The van der Waals surface area contributed by atoms with Crippen LogP contribution in [0.1, 0.15) is 5.56 Å². The first kappa shape index (κ1) is 20.7. The second kappa shape index (κ2) is 9.33. The van der Waals surface area contributed by atoms with E-state index in [1.54, 1.807) is 7.11 Å². The lowest BCUT2D eigenvalue weighted by molar-refractivity contribution is -0.885. The van der Waals surface area contributed by atoms with Crippen LogP contribution < -0.4 is 19.7 Å². The average Bonchev–Trinajstić information content (AvgIpc) is 2.61. The predicted molar refractivity (Wildman–Crippen MR) is 104 cm³/mol. The van der Waals surface area contributed by atoms with Gasteiger partial charge >= 0.3 is 0 Å². The molecule has 27 heavy (non-hydrogen) atoms. The highest BCUT2D eigenvalue weighted by Crippen LogP contribution is 2.28. The van der Waals surface area contributed by atoms with Crippen LogP contribution in [0.25, 0.3) is 0 Å². The van der Waals surface area contributed by atoms with Crippen LogP contribution in [0.5, 0.6) is 11.5 Å². The number of amides is 1. The van der Waals surface area contributed by atoms with E-state index in [9.17, 15) is 14.9 Å². The summed E-state index contributed by atoms with van der Waals surface area (Å²) in [6.45, 7) is 0.740. The number of nitro groups is 1. The van der Waals surface area contributed by atoms with Crippen molar-refractivity contribution in [1.29, 1.82) is 0 Å². The third-order valence-corrected chi connectivity index (χ3v) is 4.36. The third kappa shape index (κ3) is 5.66. The molecule has 0 aliphatic carbocycles. The molecule has 0 saturated heterocycles. The molecule has 2 aromatic carbocycles. The summed E-state index contributed by atoms with van der Waals surface area (Å²) in [4.78, 5) is 23.7. The summed E-state index contributed by atoms with van der Waals surface area (Å²) in [6, 6.07) is 9.76. The smallest absolute Gasteiger partial charge is 0.279 e. The number of hydrogen-bond donors (Lipinski definition) is 2. The number of carbonyl (C=O) groups is 1. The first-order chi connectivity index (χ1) is 12.8. The van der Waals surface area contributed by atoms with Gasteiger partial charge in [-0.15, -0.1) is 0 Å². The zero-order chi connectivity index (χ0) is 20.0. The number of anilines is 1. The van der Waals surface area contributed by atoms with Crippen molar-refractivity contribution in [2.24, 2.45) is 0 Å². The van der Waals surface area contributed by atoms with Crippen LogP contribution in [0.15, 0.2) is 40.9 Å². The maximum absolute atomic E-state index is 12.4.